The first-order valence-electron chi connectivity index (χ1n) is 7.30. The molecule has 3 rings (SSSR count). The lowest BCUT2D eigenvalue weighted by molar-refractivity contribution is 0.0691. The number of hydrogen-bond acceptors (Lipinski definition) is 3. The second-order valence-electron chi connectivity index (χ2n) is 5.77. The van der Waals surface area contributed by atoms with Gasteiger partial charge in [0.2, 0.25) is 0 Å². The molecule has 0 N–H and O–H groups in total. The molecule has 0 saturated carbocycles. The Kier molecular flexibility index (Phi) is 7.14. The number of piperazine rings is 1. The van der Waals surface area contributed by atoms with Crippen molar-refractivity contribution in [1.29, 1.82) is 0 Å². The number of nitrogens with zero attached hydrogens (tertiary/aromatic N) is 2. The van der Waals surface area contributed by atoms with Crippen molar-refractivity contribution in [2.75, 3.05) is 33.2 Å². The molecule has 1 aliphatic carbocycles. The van der Waals surface area contributed by atoms with E-state index in [-0.39, 0.29) is 30.9 Å². The van der Waals surface area contributed by atoms with Crippen LogP contribution in [0.15, 0.2) is 24.3 Å². The molecule has 1 atom stereocenters. The quantitative estimate of drug-likeness (QED) is 0.739. The van der Waals surface area contributed by atoms with E-state index >= 15 is 0 Å². The third kappa shape index (κ3) is 3.98. The molecule has 1 unspecified atom stereocenters. The number of rotatable bonds is 1. The van der Waals surface area contributed by atoms with E-state index < -0.39 is 0 Å². The van der Waals surface area contributed by atoms with Crippen molar-refractivity contribution in [3.05, 3.63) is 35.4 Å². The number of benzene rings is 1. The molecule has 0 spiro atoms. The number of ketones is 1. The van der Waals surface area contributed by atoms with Gasteiger partial charge < -0.3 is 4.90 Å². The van der Waals surface area contributed by atoms with Crippen molar-refractivity contribution in [2.45, 2.75) is 25.3 Å². The van der Waals surface area contributed by atoms with Crippen LogP contribution in [-0.2, 0) is 6.42 Å². The summed E-state index contributed by atoms with van der Waals surface area (Å²) in [6.45, 7) is 4.20. The molecular weight excluding hydrogens is 307 g/mol. The van der Waals surface area contributed by atoms with Crippen LogP contribution in [0.4, 0.5) is 0 Å². The third-order valence-corrected chi connectivity index (χ3v) is 4.49. The summed E-state index contributed by atoms with van der Waals surface area (Å²) in [5.41, 5.74) is 2.20. The minimum Gasteiger partial charge on any atom is -0.304 e. The monoisotopic (exact) mass is 330 g/mol. The maximum atomic E-state index is 12.8. The molecule has 0 bridgehead atoms. The van der Waals surface area contributed by atoms with E-state index in [0.717, 1.165) is 51.0 Å². The number of Topliss-reactive ketones (excluding diaryl/α,β-unsaturated/α-hetero) is 1. The van der Waals surface area contributed by atoms with Gasteiger partial charge in [-0.1, -0.05) is 24.3 Å². The van der Waals surface area contributed by atoms with Crippen LogP contribution in [-0.4, -0.2) is 54.9 Å². The van der Waals surface area contributed by atoms with Gasteiger partial charge in [0.05, 0.1) is 6.04 Å². The predicted octanol–water partition coefficient (Wildman–Crippen LogP) is 2.67. The van der Waals surface area contributed by atoms with Crippen molar-refractivity contribution >= 4 is 30.6 Å². The van der Waals surface area contributed by atoms with E-state index in [1.807, 2.05) is 18.2 Å². The van der Waals surface area contributed by atoms with E-state index in [0.29, 0.717) is 5.78 Å². The smallest absolute Gasteiger partial charge is 0.180 e. The van der Waals surface area contributed by atoms with Crippen LogP contribution in [0.1, 0.15) is 28.8 Å². The summed E-state index contributed by atoms with van der Waals surface area (Å²) in [5.74, 6) is 0.345. The van der Waals surface area contributed by atoms with Gasteiger partial charge in [0.25, 0.3) is 0 Å². The van der Waals surface area contributed by atoms with Crippen LogP contribution >= 0.6 is 24.8 Å². The molecule has 2 aliphatic rings. The molecule has 5 heteroatoms. The highest BCUT2D eigenvalue weighted by Gasteiger charge is 2.31. The van der Waals surface area contributed by atoms with Crippen LogP contribution in [0.3, 0.4) is 0 Å². The van der Waals surface area contributed by atoms with E-state index in [1.165, 1.54) is 5.56 Å². The van der Waals surface area contributed by atoms with Gasteiger partial charge in [0.15, 0.2) is 5.78 Å². The van der Waals surface area contributed by atoms with E-state index in [4.69, 9.17) is 0 Å². The number of halogens is 2. The average molecular weight is 331 g/mol. The Hall–Kier alpha value is -0.610. The first-order valence-corrected chi connectivity index (χ1v) is 7.30. The zero-order valence-electron chi connectivity index (χ0n) is 12.5. The summed E-state index contributed by atoms with van der Waals surface area (Å²) in [7, 11) is 2.15. The minimum atomic E-state index is 0. The normalized spacial score (nSPS) is 23.5. The first-order chi connectivity index (χ1) is 9.25. The van der Waals surface area contributed by atoms with Gasteiger partial charge in [0, 0.05) is 31.7 Å². The molecule has 1 aliphatic heterocycles. The highest BCUT2D eigenvalue weighted by atomic mass is 35.5. The highest BCUT2D eigenvalue weighted by Crippen LogP contribution is 2.24. The SMILES string of the molecule is CN1CCN(C2CCCc3ccccc3C2=O)CC1.Cl.Cl. The fourth-order valence-corrected chi connectivity index (χ4v) is 3.26. The topological polar surface area (TPSA) is 23.6 Å². The van der Waals surface area contributed by atoms with Crippen LogP contribution in [0, 0.1) is 0 Å². The fourth-order valence-electron chi connectivity index (χ4n) is 3.26. The van der Waals surface area contributed by atoms with E-state index in [2.05, 4.69) is 22.9 Å². The summed E-state index contributed by atoms with van der Waals surface area (Å²) in [6.07, 6.45) is 3.18. The molecular formula is C16H24Cl2N2O. The number of carbonyl (C=O) groups is 1. The van der Waals surface area contributed by atoms with Crippen molar-refractivity contribution in [2.24, 2.45) is 0 Å². The van der Waals surface area contributed by atoms with Gasteiger partial charge in [-0.15, -0.1) is 24.8 Å². The molecule has 118 valence electrons. The van der Waals surface area contributed by atoms with Crippen molar-refractivity contribution in [1.82, 2.24) is 9.80 Å². The Morgan fingerprint density at radius 2 is 1.71 bits per heavy atom. The molecule has 1 aromatic carbocycles. The van der Waals surface area contributed by atoms with Crippen molar-refractivity contribution < 1.29 is 4.79 Å². The number of fused-ring (bicyclic) bond motifs is 1. The zero-order chi connectivity index (χ0) is 13.2. The lowest BCUT2D eigenvalue weighted by atomic mass is 9.99. The van der Waals surface area contributed by atoms with Gasteiger partial charge in [-0.2, -0.15) is 0 Å². The number of aryl methyl sites for hydroxylation is 1. The maximum absolute atomic E-state index is 12.8. The lowest BCUT2D eigenvalue weighted by Gasteiger charge is -2.37. The number of carbonyl (C=O) groups excluding carboxylic acids is 1. The maximum Gasteiger partial charge on any atom is 0.180 e. The van der Waals surface area contributed by atoms with E-state index in [1.54, 1.807) is 0 Å². The lowest BCUT2D eigenvalue weighted by Crippen LogP contribution is -2.51. The van der Waals surface area contributed by atoms with Crippen LogP contribution in [0.2, 0.25) is 0 Å². The van der Waals surface area contributed by atoms with E-state index in [9.17, 15) is 4.79 Å². The third-order valence-electron chi connectivity index (χ3n) is 4.49. The zero-order valence-corrected chi connectivity index (χ0v) is 14.1. The van der Waals surface area contributed by atoms with Gasteiger partial charge in [-0.25, -0.2) is 0 Å². The van der Waals surface area contributed by atoms with Crippen LogP contribution in [0.25, 0.3) is 0 Å². The first kappa shape index (κ1) is 18.4. The molecule has 0 amide bonds. The van der Waals surface area contributed by atoms with Crippen LogP contribution < -0.4 is 0 Å². The summed E-state index contributed by atoms with van der Waals surface area (Å²) in [5, 5.41) is 0. The predicted molar refractivity (Wildman–Crippen MR) is 91.1 cm³/mol. The Morgan fingerprint density at radius 3 is 2.43 bits per heavy atom. The number of likely N-dealkylation sites (N-methyl/N-ethyl adjacent to an activating group) is 1. The molecule has 3 nitrogen and oxygen atoms in total. The highest BCUT2D eigenvalue weighted by molar-refractivity contribution is 6.01. The molecule has 1 aromatic rings. The Bertz CT molecular complexity index is 473. The number of hydrogen-bond donors (Lipinski definition) is 0. The Labute approximate surface area is 139 Å². The standard InChI is InChI=1S/C16H22N2O.2ClH/c1-17-9-11-18(12-10-17)15-8-4-6-13-5-2-3-7-14(13)16(15)19;;/h2-3,5,7,15H,4,6,8-12H2,1H3;2*1H. The second-order valence-corrected chi connectivity index (χ2v) is 5.77. The molecule has 0 aromatic heterocycles. The van der Waals surface area contributed by atoms with Crippen molar-refractivity contribution in [3.63, 3.8) is 0 Å². The largest absolute Gasteiger partial charge is 0.304 e. The van der Waals surface area contributed by atoms with Crippen LogP contribution in [0.5, 0.6) is 0 Å². The summed E-state index contributed by atoms with van der Waals surface area (Å²) in [6, 6.07) is 8.26. The molecule has 0 radical (unpaired) electrons. The van der Waals surface area contributed by atoms with Gasteiger partial charge >= 0.3 is 0 Å². The molecule has 1 fully saturated rings. The molecule has 21 heavy (non-hydrogen) atoms. The summed E-state index contributed by atoms with van der Waals surface area (Å²) in [4.78, 5) is 17.5. The Morgan fingerprint density at radius 1 is 1.05 bits per heavy atom. The summed E-state index contributed by atoms with van der Waals surface area (Å²) >= 11 is 0. The van der Waals surface area contributed by atoms with Crippen molar-refractivity contribution in [3.8, 4) is 0 Å². The fraction of sp³-hybridized carbons (Fsp3) is 0.562. The minimum absolute atomic E-state index is 0. The molecule has 1 saturated heterocycles. The van der Waals surface area contributed by atoms with Gasteiger partial charge in [-0.05, 0) is 31.9 Å². The summed E-state index contributed by atoms with van der Waals surface area (Å²) < 4.78 is 0. The van der Waals surface area contributed by atoms with Gasteiger partial charge in [-0.3, -0.25) is 9.69 Å². The second kappa shape index (κ2) is 8.14. The molecule has 1 heterocycles. The average Bonchev–Trinajstić information content (AvgIpc) is 2.60. The van der Waals surface area contributed by atoms with Gasteiger partial charge in [0.1, 0.15) is 0 Å². The Balaban J connectivity index is 0.00000110.